The molecular formula is C15H20N2O2. The molecule has 102 valence electrons. The van der Waals surface area contributed by atoms with Gasteiger partial charge in [-0.3, -0.25) is 0 Å². The van der Waals surface area contributed by atoms with Crippen LogP contribution in [0.2, 0.25) is 0 Å². The minimum absolute atomic E-state index is 0.338. The average molecular weight is 260 g/mol. The number of ether oxygens (including phenoxy) is 1. The van der Waals surface area contributed by atoms with E-state index in [1.807, 2.05) is 36.5 Å². The van der Waals surface area contributed by atoms with Gasteiger partial charge in [0.2, 0.25) is 0 Å². The van der Waals surface area contributed by atoms with Gasteiger partial charge in [0, 0.05) is 25.0 Å². The van der Waals surface area contributed by atoms with Crippen LogP contribution in [0.3, 0.4) is 0 Å². The molecule has 4 heteroatoms. The molecule has 0 aliphatic heterocycles. The van der Waals surface area contributed by atoms with Crippen LogP contribution in [0, 0.1) is 0 Å². The van der Waals surface area contributed by atoms with Crippen LogP contribution in [-0.4, -0.2) is 29.4 Å². The van der Waals surface area contributed by atoms with Crippen LogP contribution in [-0.2, 0) is 6.54 Å². The third kappa shape index (κ3) is 3.36. The van der Waals surface area contributed by atoms with E-state index in [-0.39, 0.29) is 6.10 Å². The van der Waals surface area contributed by atoms with E-state index in [1.54, 1.807) is 14.0 Å². The van der Waals surface area contributed by atoms with Crippen LogP contribution in [0.4, 0.5) is 0 Å². The maximum Gasteiger partial charge on any atom is 0.142 e. The van der Waals surface area contributed by atoms with Crippen LogP contribution < -0.4 is 10.1 Å². The normalized spacial score (nSPS) is 12.4. The average Bonchev–Trinajstić information content (AvgIpc) is 2.86. The molecule has 0 amide bonds. The van der Waals surface area contributed by atoms with Gasteiger partial charge >= 0.3 is 0 Å². The van der Waals surface area contributed by atoms with Crippen molar-refractivity contribution in [3.63, 3.8) is 0 Å². The first-order chi connectivity index (χ1) is 9.22. The first-order valence-corrected chi connectivity index (χ1v) is 6.40. The molecule has 1 unspecified atom stereocenters. The molecule has 0 saturated carbocycles. The van der Waals surface area contributed by atoms with Gasteiger partial charge in [-0.05, 0) is 31.2 Å². The fourth-order valence-electron chi connectivity index (χ4n) is 2.03. The molecule has 19 heavy (non-hydrogen) atoms. The number of para-hydroxylation sites is 2. The van der Waals surface area contributed by atoms with Gasteiger partial charge in [-0.25, -0.2) is 0 Å². The van der Waals surface area contributed by atoms with Crippen LogP contribution in [0.25, 0.3) is 5.69 Å². The van der Waals surface area contributed by atoms with Gasteiger partial charge in [0.15, 0.2) is 0 Å². The summed E-state index contributed by atoms with van der Waals surface area (Å²) in [6.45, 7) is 3.05. The summed E-state index contributed by atoms with van der Waals surface area (Å²) in [5.41, 5.74) is 2.15. The number of hydrogen-bond acceptors (Lipinski definition) is 3. The van der Waals surface area contributed by atoms with Gasteiger partial charge in [-0.1, -0.05) is 12.1 Å². The topological polar surface area (TPSA) is 46.4 Å². The Bertz CT molecular complexity index is 520. The van der Waals surface area contributed by atoms with Crippen molar-refractivity contribution in [3.8, 4) is 11.4 Å². The fourth-order valence-corrected chi connectivity index (χ4v) is 2.03. The molecule has 0 spiro atoms. The summed E-state index contributed by atoms with van der Waals surface area (Å²) in [6, 6.07) is 12.0. The highest BCUT2D eigenvalue weighted by molar-refractivity contribution is 5.48. The van der Waals surface area contributed by atoms with Gasteiger partial charge in [0.1, 0.15) is 5.75 Å². The highest BCUT2D eigenvalue weighted by Gasteiger charge is 2.08. The zero-order valence-electron chi connectivity index (χ0n) is 11.3. The number of aliphatic hydroxyl groups is 1. The van der Waals surface area contributed by atoms with E-state index < -0.39 is 0 Å². The van der Waals surface area contributed by atoms with Gasteiger partial charge in [-0.15, -0.1) is 0 Å². The predicted molar refractivity (Wildman–Crippen MR) is 75.7 cm³/mol. The molecule has 2 rings (SSSR count). The van der Waals surface area contributed by atoms with Crippen molar-refractivity contribution in [2.45, 2.75) is 19.6 Å². The Hall–Kier alpha value is -1.78. The molecule has 4 nitrogen and oxygen atoms in total. The van der Waals surface area contributed by atoms with Crippen molar-refractivity contribution in [3.05, 3.63) is 48.3 Å². The molecule has 0 aliphatic rings. The fraction of sp³-hybridized carbons (Fsp3) is 0.333. The molecule has 0 bridgehead atoms. The summed E-state index contributed by atoms with van der Waals surface area (Å²) in [5, 5.41) is 12.5. The maximum absolute atomic E-state index is 9.26. The minimum atomic E-state index is -0.338. The molecule has 1 heterocycles. The number of methoxy groups -OCH3 is 1. The van der Waals surface area contributed by atoms with E-state index in [0.29, 0.717) is 13.1 Å². The molecule has 1 aromatic heterocycles. The van der Waals surface area contributed by atoms with Gasteiger partial charge in [0.25, 0.3) is 0 Å². The molecule has 1 aromatic carbocycles. The van der Waals surface area contributed by atoms with Crippen molar-refractivity contribution < 1.29 is 9.84 Å². The van der Waals surface area contributed by atoms with Crippen LogP contribution >= 0.6 is 0 Å². The van der Waals surface area contributed by atoms with Gasteiger partial charge in [0.05, 0.1) is 18.9 Å². The number of hydrogen-bond donors (Lipinski definition) is 2. The zero-order valence-corrected chi connectivity index (χ0v) is 11.3. The number of aromatic nitrogens is 1. The summed E-state index contributed by atoms with van der Waals surface area (Å²) in [5.74, 6) is 0.843. The number of aliphatic hydroxyl groups excluding tert-OH is 1. The summed E-state index contributed by atoms with van der Waals surface area (Å²) in [6.07, 6.45) is 1.67. The first kappa shape index (κ1) is 13.6. The Balaban J connectivity index is 2.19. The molecule has 1 atom stereocenters. The lowest BCUT2D eigenvalue weighted by Gasteiger charge is -2.14. The lowest BCUT2D eigenvalue weighted by molar-refractivity contribution is 0.190. The van der Waals surface area contributed by atoms with E-state index in [1.165, 1.54) is 0 Å². The van der Waals surface area contributed by atoms with E-state index in [2.05, 4.69) is 16.0 Å². The molecule has 0 fully saturated rings. The summed E-state index contributed by atoms with van der Waals surface area (Å²) >= 11 is 0. The van der Waals surface area contributed by atoms with Crippen molar-refractivity contribution in [1.82, 2.24) is 9.88 Å². The zero-order chi connectivity index (χ0) is 13.7. The van der Waals surface area contributed by atoms with Gasteiger partial charge in [-0.2, -0.15) is 0 Å². The monoisotopic (exact) mass is 260 g/mol. The minimum Gasteiger partial charge on any atom is -0.495 e. The number of benzene rings is 1. The van der Waals surface area contributed by atoms with E-state index in [9.17, 15) is 5.11 Å². The molecule has 0 saturated heterocycles. The SMILES string of the molecule is COc1ccccc1-n1cccc1CNCC(C)O. The summed E-state index contributed by atoms with van der Waals surface area (Å²) < 4.78 is 7.48. The second-order valence-electron chi connectivity index (χ2n) is 4.52. The largest absolute Gasteiger partial charge is 0.495 e. The van der Waals surface area contributed by atoms with Crippen molar-refractivity contribution >= 4 is 0 Å². The summed E-state index contributed by atoms with van der Waals surface area (Å²) in [4.78, 5) is 0. The van der Waals surface area contributed by atoms with Crippen LogP contribution in [0.1, 0.15) is 12.6 Å². The van der Waals surface area contributed by atoms with E-state index >= 15 is 0 Å². The number of nitrogens with zero attached hydrogens (tertiary/aromatic N) is 1. The Kier molecular flexibility index (Phi) is 4.60. The number of rotatable bonds is 6. The third-order valence-corrected chi connectivity index (χ3v) is 2.92. The predicted octanol–water partition coefficient (Wildman–Crippen LogP) is 1.96. The molecule has 2 aromatic rings. The molecule has 2 N–H and O–H groups in total. The van der Waals surface area contributed by atoms with Crippen LogP contribution in [0.15, 0.2) is 42.6 Å². The second-order valence-corrected chi connectivity index (χ2v) is 4.52. The highest BCUT2D eigenvalue weighted by atomic mass is 16.5. The third-order valence-electron chi connectivity index (χ3n) is 2.92. The quantitative estimate of drug-likeness (QED) is 0.834. The van der Waals surface area contributed by atoms with Crippen molar-refractivity contribution in [2.75, 3.05) is 13.7 Å². The Morgan fingerprint density at radius 2 is 2.05 bits per heavy atom. The van der Waals surface area contributed by atoms with E-state index in [4.69, 9.17) is 4.74 Å². The van der Waals surface area contributed by atoms with Crippen molar-refractivity contribution in [2.24, 2.45) is 0 Å². The summed E-state index contributed by atoms with van der Waals surface area (Å²) in [7, 11) is 1.67. The smallest absolute Gasteiger partial charge is 0.142 e. The molecule has 0 aliphatic carbocycles. The van der Waals surface area contributed by atoms with Gasteiger partial charge < -0.3 is 19.7 Å². The lowest BCUT2D eigenvalue weighted by atomic mass is 10.2. The molecular weight excluding hydrogens is 240 g/mol. The Morgan fingerprint density at radius 1 is 1.26 bits per heavy atom. The highest BCUT2D eigenvalue weighted by Crippen LogP contribution is 2.23. The molecule has 0 radical (unpaired) electrons. The number of nitrogens with one attached hydrogen (secondary N) is 1. The lowest BCUT2D eigenvalue weighted by Crippen LogP contribution is -2.24. The first-order valence-electron chi connectivity index (χ1n) is 6.40. The Morgan fingerprint density at radius 3 is 2.79 bits per heavy atom. The van der Waals surface area contributed by atoms with Crippen LogP contribution in [0.5, 0.6) is 5.75 Å². The maximum atomic E-state index is 9.26. The van der Waals surface area contributed by atoms with E-state index in [0.717, 1.165) is 17.1 Å². The standard InChI is InChI=1S/C15H20N2O2/c1-12(18)10-16-11-13-6-5-9-17(13)14-7-3-4-8-15(14)19-2/h3-9,12,16,18H,10-11H2,1-2H3. The second kappa shape index (κ2) is 6.41. The van der Waals surface area contributed by atoms with Crippen molar-refractivity contribution in [1.29, 1.82) is 0 Å². The Labute approximate surface area is 113 Å².